The zero-order chi connectivity index (χ0) is 5.98. The molecule has 0 bridgehead atoms. The Labute approximate surface area is 51.3 Å². The molecule has 2 nitrogen and oxygen atoms in total. The van der Waals surface area contributed by atoms with Crippen molar-refractivity contribution >= 4 is 6.85 Å². The van der Waals surface area contributed by atoms with Gasteiger partial charge in [-0.2, -0.15) is 0 Å². The van der Waals surface area contributed by atoms with Crippen LogP contribution in [0.3, 0.4) is 0 Å². The quantitative estimate of drug-likeness (QED) is 0.495. The highest BCUT2D eigenvalue weighted by Gasteiger charge is 2.15. The van der Waals surface area contributed by atoms with Gasteiger partial charge in [-0.25, -0.2) is 0 Å². The molecule has 0 aromatic carbocycles. The van der Waals surface area contributed by atoms with Gasteiger partial charge >= 0.3 is 0 Å². The third kappa shape index (κ3) is 1.23. The molecule has 0 unspecified atom stereocenters. The fourth-order valence-corrected chi connectivity index (χ4v) is 0.992. The molecule has 0 saturated carbocycles. The first-order valence-corrected chi connectivity index (χ1v) is 3.31. The molecule has 0 amide bonds. The topological polar surface area (TPSA) is 15.3 Å². The van der Waals surface area contributed by atoms with Crippen LogP contribution in [0.4, 0.5) is 0 Å². The second-order valence-electron chi connectivity index (χ2n) is 2.55. The van der Waals surface area contributed by atoms with E-state index in [1.165, 1.54) is 13.0 Å². The second-order valence-corrected chi connectivity index (χ2v) is 2.55. The van der Waals surface area contributed by atoms with Gasteiger partial charge in [-0.3, -0.25) is 10.3 Å². The molecule has 0 spiro atoms. The molecule has 1 rings (SSSR count). The molecule has 1 heterocycles. The van der Waals surface area contributed by atoms with E-state index in [1.54, 1.807) is 0 Å². The number of rotatable bonds is 1. The van der Waals surface area contributed by atoms with Crippen molar-refractivity contribution in [2.24, 2.45) is 0 Å². The first-order chi connectivity index (χ1) is 3.80. The van der Waals surface area contributed by atoms with E-state index in [0.29, 0.717) is 6.85 Å². The number of hydrazine groups is 1. The average Bonchev–Trinajstić information content (AvgIpc) is 2.12. The lowest BCUT2D eigenvalue weighted by molar-refractivity contribution is 0.421. The van der Waals surface area contributed by atoms with Crippen LogP contribution in [0.15, 0.2) is 0 Å². The highest BCUT2D eigenvalue weighted by molar-refractivity contribution is 6.52. The van der Waals surface area contributed by atoms with Crippen molar-refractivity contribution in [2.45, 2.75) is 20.1 Å². The third-order valence-corrected chi connectivity index (χ3v) is 1.51. The Bertz CT molecular complexity index is 68.8. The van der Waals surface area contributed by atoms with Gasteiger partial charge < -0.3 is 0 Å². The van der Waals surface area contributed by atoms with Gasteiger partial charge in [-0.05, 0) is 6.42 Å². The van der Waals surface area contributed by atoms with E-state index >= 15 is 0 Å². The van der Waals surface area contributed by atoms with Crippen molar-refractivity contribution < 1.29 is 0 Å². The lowest BCUT2D eigenvalue weighted by atomic mass is 9.68. The minimum Gasteiger partial charge on any atom is -0.284 e. The van der Waals surface area contributed by atoms with Crippen LogP contribution in [0, 0.1) is 0 Å². The van der Waals surface area contributed by atoms with Crippen molar-refractivity contribution in [2.75, 3.05) is 13.1 Å². The van der Waals surface area contributed by atoms with Gasteiger partial charge in [0.2, 0.25) is 6.85 Å². The zero-order valence-electron chi connectivity index (χ0n) is 5.65. The van der Waals surface area contributed by atoms with Crippen LogP contribution < -0.4 is 5.43 Å². The summed E-state index contributed by atoms with van der Waals surface area (Å²) in [6.07, 6.45) is 1.30. The second kappa shape index (κ2) is 2.51. The molecule has 1 aliphatic heterocycles. The lowest BCUT2D eigenvalue weighted by Crippen LogP contribution is -2.39. The molecule has 1 aliphatic rings. The predicted molar refractivity (Wildman–Crippen MR) is 36.8 cm³/mol. The molecule has 0 aromatic rings. The van der Waals surface area contributed by atoms with Crippen molar-refractivity contribution in [3.05, 3.63) is 0 Å². The van der Waals surface area contributed by atoms with E-state index in [2.05, 4.69) is 24.0 Å². The number of nitrogens with one attached hydrogen (secondary N) is 1. The summed E-state index contributed by atoms with van der Waals surface area (Å²) in [4.78, 5) is 2.28. The van der Waals surface area contributed by atoms with E-state index < -0.39 is 0 Å². The predicted octanol–water partition coefficient (Wildman–Crippen LogP) is 0.448. The molecule has 0 atom stereocenters. The summed E-state index contributed by atoms with van der Waals surface area (Å²) in [7, 11) is 0. The highest BCUT2D eigenvalue weighted by Crippen LogP contribution is 1.97. The first-order valence-electron chi connectivity index (χ1n) is 3.31. The lowest BCUT2D eigenvalue weighted by Gasteiger charge is -2.16. The summed E-state index contributed by atoms with van der Waals surface area (Å²) in [5.74, 6) is 0. The van der Waals surface area contributed by atoms with Gasteiger partial charge in [0.05, 0.1) is 0 Å². The standard InChI is InChI=1S/C5H13BN2/c1-6(2)8-5-3-4-7-8/h7H,3-5H2,1-2H3. The van der Waals surface area contributed by atoms with Gasteiger partial charge in [0.25, 0.3) is 0 Å². The smallest absolute Gasteiger partial charge is 0.234 e. The van der Waals surface area contributed by atoms with Gasteiger partial charge in [0.15, 0.2) is 0 Å². The number of hydrogen-bond acceptors (Lipinski definition) is 2. The van der Waals surface area contributed by atoms with Crippen LogP contribution in [0.1, 0.15) is 6.42 Å². The van der Waals surface area contributed by atoms with Crippen LogP contribution >= 0.6 is 0 Å². The minimum atomic E-state index is 0.664. The summed E-state index contributed by atoms with van der Waals surface area (Å²) in [5.41, 5.74) is 3.29. The molecule has 0 radical (unpaired) electrons. The monoisotopic (exact) mass is 112 g/mol. The fourth-order valence-electron chi connectivity index (χ4n) is 0.992. The van der Waals surface area contributed by atoms with Crippen molar-refractivity contribution in [1.82, 2.24) is 10.3 Å². The Balaban J connectivity index is 2.24. The maximum Gasteiger partial charge on any atom is 0.234 e. The maximum atomic E-state index is 3.29. The normalized spacial score (nSPS) is 21.8. The maximum absolute atomic E-state index is 3.29. The Morgan fingerprint density at radius 1 is 1.50 bits per heavy atom. The summed E-state index contributed by atoms with van der Waals surface area (Å²) < 4.78 is 0. The van der Waals surface area contributed by atoms with Crippen LogP contribution in [-0.2, 0) is 0 Å². The summed E-state index contributed by atoms with van der Waals surface area (Å²) in [6, 6.07) is 0. The Hall–Kier alpha value is -0.0151. The number of nitrogens with zero attached hydrogens (tertiary/aromatic N) is 1. The largest absolute Gasteiger partial charge is 0.284 e. The van der Waals surface area contributed by atoms with Gasteiger partial charge in [0, 0.05) is 13.1 Å². The van der Waals surface area contributed by atoms with Gasteiger partial charge in [-0.15, -0.1) is 0 Å². The van der Waals surface area contributed by atoms with Crippen molar-refractivity contribution in [1.29, 1.82) is 0 Å². The van der Waals surface area contributed by atoms with Crippen LogP contribution in [0.5, 0.6) is 0 Å². The summed E-state index contributed by atoms with van der Waals surface area (Å²) >= 11 is 0. The zero-order valence-corrected chi connectivity index (χ0v) is 5.65. The van der Waals surface area contributed by atoms with E-state index in [1.807, 2.05) is 0 Å². The first kappa shape index (κ1) is 6.11. The molecule has 1 fully saturated rings. The molecule has 1 N–H and O–H groups in total. The van der Waals surface area contributed by atoms with Gasteiger partial charge in [0.1, 0.15) is 0 Å². The molecule has 1 saturated heterocycles. The van der Waals surface area contributed by atoms with Crippen LogP contribution in [-0.4, -0.2) is 24.9 Å². The summed E-state index contributed by atoms with van der Waals surface area (Å²) in [6.45, 7) is 7.46. The Morgan fingerprint density at radius 2 is 2.25 bits per heavy atom. The fraction of sp³-hybridized carbons (Fsp3) is 1.00. The SMILES string of the molecule is CB(C)N1CCCN1. The molecule has 46 valence electrons. The van der Waals surface area contributed by atoms with Crippen LogP contribution in [0.2, 0.25) is 13.6 Å². The Morgan fingerprint density at radius 3 is 2.50 bits per heavy atom. The van der Waals surface area contributed by atoms with E-state index in [-0.39, 0.29) is 0 Å². The minimum absolute atomic E-state index is 0.664. The van der Waals surface area contributed by atoms with Crippen molar-refractivity contribution in [3.63, 3.8) is 0 Å². The van der Waals surface area contributed by atoms with Crippen molar-refractivity contribution in [3.8, 4) is 0 Å². The summed E-state index contributed by atoms with van der Waals surface area (Å²) in [5, 5.41) is 0. The van der Waals surface area contributed by atoms with E-state index in [4.69, 9.17) is 0 Å². The van der Waals surface area contributed by atoms with E-state index in [9.17, 15) is 0 Å². The number of hydrogen-bond donors (Lipinski definition) is 1. The molecule has 0 aliphatic carbocycles. The molecular formula is C5H13BN2. The molecular weight excluding hydrogens is 98.9 g/mol. The van der Waals surface area contributed by atoms with E-state index in [0.717, 1.165) is 6.54 Å². The van der Waals surface area contributed by atoms with Gasteiger partial charge in [-0.1, -0.05) is 13.6 Å². The Kier molecular flexibility index (Phi) is 1.92. The molecule has 0 aromatic heterocycles. The van der Waals surface area contributed by atoms with Crippen LogP contribution in [0.25, 0.3) is 0 Å². The highest BCUT2D eigenvalue weighted by atomic mass is 15.5. The molecule has 8 heavy (non-hydrogen) atoms. The third-order valence-electron chi connectivity index (χ3n) is 1.51. The average molecular weight is 112 g/mol. The molecule has 3 heteroatoms.